The Bertz CT molecular complexity index is 424. The van der Waals surface area contributed by atoms with Crippen molar-refractivity contribution in [2.45, 2.75) is 25.4 Å². The summed E-state index contributed by atoms with van der Waals surface area (Å²) >= 11 is 9.58. The number of nitrogens with one attached hydrogen (secondary N) is 1. The van der Waals surface area contributed by atoms with E-state index in [1.165, 1.54) is 38.0 Å². The molecule has 2 unspecified atom stereocenters. The lowest BCUT2D eigenvalue weighted by Gasteiger charge is -2.24. The highest BCUT2D eigenvalue weighted by atomic mass is 79.9. The molecule has 2 saturated heterocycles. The molecule has 98 valence electrons. The molecule has 2 atom stereocenters. The first kappa shape index (κ1) is 12.9. The van der Waals surface area contributed by atoms with Crippen LogP contribution in [0, 0.1) is 5.92 Å². The van der Waals surface area contributed by atoms with Gasteiger partial charge in [-0.3, -0.25) is 4.90 Å². The van der Waals surface area contributed by atoms with E-state index in [-0.39, 0.29) is 0 Å². The van der Waals surface area contributed by atoms with Crippen LogP contribution in [0.5, 0.6) is 0 Å². The molecule has 3 rings (SSSR count). The van der Waals surface area contributed by atoms with E-state index in [0.29, 0.717) is 6.04 Å². The molecule has 2 heterocycles. The molecule has 2 aliphatic rings. The third-order valence-electron chi connectivity index (χ3n) is 4.08. The van der Waals surface area contributed by atoms with Crippen molar-refractivity contribution < 1.29 is 0 Å². The predicted octanol–water partition coefficient (Wildman–Crippen LogP) is 3.29. The standard InChI is InChI=1S/C14H18BrClN2/c15-13-6-12(16)4-3-10(13)7-18-8-11-2-1-5-17-14(11)9-18/h3-4,6,11,14,17H,1-2,5,7-9H2. The summed E-state index contributed by atoms with van der Waals surface area (Å²) in [6, 6.07) is 6.80. The van der Waals surface area contributed by atoms with Crippen molar-refractivity contribution in [2.75, 3.05) is 19.6 Å². The first-order valence-corrected chi connectivity index (χ1v) is 7.79. The molecule has 18 heavy (non-hydrogen) atoms. The van der Waals surface area contributed by atoms with Crippen LogP contribution in [-0.4, -0.2) is 30.6 Å². The zero-order valence-corrected chi connectivity index (χ0v) is 12.7. The van der Waals surface area contributed by atoms with Crippen LogP contribution in [-0.2, 0) is 6.54 Å². The molecule has 0 aromatic heterocycles. The third kappa shape index (κ3) is 2.74. The lowest BCUT2D eigenvalue weighted by Crippen LogP contribution is -2.40. The van der Waals surface area contributed by atoms with Crippen LogP contribution in [0.25, 0.3) is 0 Å². The lowest BCUT2D eigenvalue weighted by molar-refractivity contribution is 0.312. The minimum absolute atomic E-state index is 0.713. The summed E-state index contributed by atoms with van der Waals surface area (Å²) < 4.78 is 1.12. The van der Waals surface area contributed by atoms with Gasteiger partial charge in [0.15, 0.2) is 0 Å². The summed E-state index contributed by atoms with van der Waals surface area (Å²) in [4.78, 5) is 2.56. The van der Waals surface area contributed by atoms with Gasteiger partial charge in [-0.1, -0.05) is 33.6 Å². The number of fused-ring (bicyclic) bond motifs is 1. The molecule has 1 aromatic carbocycles. The molecule has 1 aromatic rings. The van der Waals surface area contributed by atoms with Gasteiger partial charge in [0.2, 0.25) is 0 Å². The van der Waals surface area contributed by atoms with Gasteiger partial charge < -0.3 is 5.32 Å². The number of nitrogens with zero attached hydrogens (tertiary/aromatic N) is 1. The zero-order chi connectivity index (χ0) is 12.5. The van der Waals surface area contributed by atoms with Gasteiger partial charge in [0.25, 0.3) is 0 Å². The van der Waals surface area contributed by atoms with Crippen LogP contribution < -0.4 is 5.32 Å². The third-order valence-corrected chi connectivity index (χ3v) is 5.06. The number of benzene rings is 1. The smallest absolute Gasteiger partial charge is 0.0417 e. The highest BCUT2D eigenvalue weighted by Gasteiger charge is 2.34. The summed E-state index contributed by atoms with van der Waals surface area (Å²) in [5.41, 5.74) is 1.33. The molecular formula is C14H18BrClN2. The summed E-state index contributed by atoms with van der Waals surface area (Å²) in [6.07, 6.45) is 2.72. The minimum atomic E-state index is 0.713. The van der Waals surface area contributed by atoms with E-state index in [4.69, 9.17) is 11.6 Å². The van der Waals surface area contributed by atoms with E-state index < -0.39 is 0 Å². The summed E-state index contributed by atoms with van der Waals surface area (Å²) in [6.45, 7) is 4.62. The van der Waals surface area contributed by atoms with Crippen LogP contribution in [0.1, 0.15) is 18.4 Å². The van der Waals surface area contributed by atoms with Crippen LogP contribution >= 0.6 is 27.5 Å². The lowest BCUT2D eigenvalue weighted by atomic mass is 9.94. The summed E-state index contributed by atoms with van der Waals surface area (Å²) in [5, 5.41) is 4.44. The highest BCUT2D eigenvalue weighted by molar-refractivity contribution is 9.10. The normalized spacial score (nSPS) is 28.3. The molecule has 0 amide bonds. The first-order valence-electron chi connectivity index (χ1n) is 6.62. The Kier molecular flexibility index (Phi) is 3.94. The Morgan fingerprint density at radius 2 is 2.28 bits per heavy atom. The van der Waals surface area contributed by atoms with E-state index in [0.717, 1.165) is 22.0 Å². The molecule has 0 aliphatic carbocycles. The maximum atomic E-state index is 5.98. The number of hydrogen-bond acceptors (Lipinski definition) is 2. The van der Waals surface area contributed by atoms with Gasteiger partial charge in [-0.25, -0.2) is 0 Å². The van der Waals surface area contributed by atoms with Gasteiger partial charge in [0.1, 0.15) is 0 Å². The SMILES string of the molecule is Clc1ccc(CN2CC3CCCNC3C2)c(Br)c1. The van der Waals surface area contributed by atoms with Crippen molar-refractivity contribution in [3.63, 3.8) is 0 Å². The van der Waals surface area contributed by atoms with Gasteiger partial charge in [-0.05, 0) is 43.0 Å². The van der Waals surface area contributed by atoms with Crippen LogP contribution in [0.3, 0.4) is 0 Å². The molecule has 0 radical (unpaired) electrons. The summed E-state index contributed by atoms with van der Waals surface area (Å²) in [7, 11) is 0. The second-order valence-corrected chi connectivity index (χ2v) is 6.68. The molecule has 4 heteroatoms. The fourth-order valence-electron chi connectivity index (χ4n) is 3.16. The number of rotatable bonds is 2. The summed E-state index contributed by atoms with van der Waals surface area (Å²) in [5.74, 6) is 0.852. The Balaban J connectivity index is 1.66. The fraction of sp³-hybridized carbons (Fsp3) is 0.571. The van der Waals surface area contributed by atoms with Gasteiger partial charge in [0, 0.05) is 35.2 Å². The second-order valence-electron chi connectivity index (χ2n) is 5.39. The first-order chi connectivity index (χ1) is 8.72. The number of piperidine rings is 1. The molecule has 0 spiro atoms. The number of halogens is 2. The van der Waals surface area contributed by atoms with E-state index in [9.17, 15) is 0 Å². The molecule has 2 nitrogen and oxygen atoms in total. The second kappa shape index (κ2) is 5.49. The average Bonchev–Trinajstić information content (AvgIpc) is 2.75. The van der Waals surface area contributed by atoms with Gasteiger partial charge in [0.05, 0.1) is 0 Å². The number of hydrogen-bond donors (Lipinski definition) is 1. The highest BCUT2D eigenvalue weighted by Crippen LogP contribution is 2.28. The Labute approximate surface area is 122 Å². The van der Waals surface area contributed by atoms with E-state index in [1.807, 2.05) is 12.1 Å². The van der Waals surface area contributed by atoms with Crippen molar-refractivity contribution in [3.8, 4) is 0 Å². The van der Waals surface area contributed by atoms with Gasteiger partial charge >= 0.3 is 0 Å². The Hall–Kier alpha value is -0.0900. The van der Waals surface area contributed by atoms with Crippen molar-refractivity contribution >= 4 is 27.5 Å². The van der Waals surface area contributed by atoms with Crippen molar-refractivity contribution in [1.29, 1.82) is 0 Å². The molecule has 2 fully saturated rings. The molecular weight excluding hydrogens is 312 g/mol. The molecule has 0 saturated carbocycles. The topological polar surface area (TPSA) is 15.3 Å². The monoisotopic (exact) mass is 328 g/mol. The van der Waals surface area contributed by atoms with Crippen molar-refractivity contribution in [3.05, 3.63) is 33.3 Å². The maximum absolute atomic E-state index is 5.98. The van der Waals surface area contributed by atoms with Gasteiger partial charge in [-0.15, -0.1) is 0 Å². The maximum Gasteiger partial charge on any atom is 0.0417 e. The quantitative estimate of drug-likeness (QED) is 0.896. The van der Waals surface area contributed by atoms with Crippen molar-refractivity contribution in [1.82, 2.24) is 10.2 Å². The largest absolute Gasteiger partial charge is 0.312 e. The zero-order valence-electron chi connectivity index (χ0n) is 10.3. The molecule has 0 bridgehead atoms. The van der Waals surface area contributed by atoms with Crippen LogP contribution in [0.2, 0.25) is 5.02 Å². The van der Waals surface area contributed by atoms with E-state index in [1.54, 1.807) is 0 Å². The van der Waals surface area contributed by atoms with Crippen LogP contribution in [0.15, 0.2) is 22.7 Å². The fourth-order valence-corrected chi connectivity index (χ4v) is 3.96. The van der Waals surface area contributed by atoms with Crippen LogP contribution in [0.4, 0.5) is 0 Å². The average molecular weight is 330 g/mol. The number of likely N-dealkylation sites (tertiary alicyclic amines) is 1. The van der Waals surface area contributed by atoms with E-state index >= 15 is 0 Å². The minimum Gasteiger partial charge on any atom is -0.312 e. The van der Waals surface area contributed by atoms with Gasteiger partial charge in [-0.2, -0.15) is 0 Å². The Morgan fingerprint density at radius 3 is 3.06 bits per heavy atom. The van der Waals surface area contributed by atoms with E-state index in [2.05, 4.69) is 32.2 Å². The molecule has 1 N–H and O–H groups in total. The Morgan fingerprint density at radius 1 is 1.39 bits per heavy atom. The predicted molar refractivity (Wildman–Crippen MR) is 78.9 cm³/mol. The molecule has 2 aliphatic heterocycles. The van der Waals surface area contributed by atoms with Crippen molar-refractivity contribution in [2.24, 2.45) is 5.92 Å².